The van der Waals surface area contributed by atoms with E-state index >= 15 is 0 Å². The number of fused-ring (bicyclic) bond motifs is 3. The van der Waals surface area contributed by atoms with Crippen molar-refractivity contribution in [2.75, 3.05) is 11.9 Å². The molecule has 31 heavy (non-hydrogen) atoms. The number of hydrogen-bond acceptors (Lipinski definition) is 1. The van der Waals surface area contributed by atoms with Crippen LogP contribution in [0.5, 0.6) is 0 Å². The van der Waals surface area contributed by atoms with Crippen molar-refractivity contribution in [3.8, 4) is 0 Å². The maximum Gasteiger partial charge on any atom is 0.174 e. The van der Waals surface area contributed by atoms with E-state index in [2.05, 4.69) is 57.2 Å². The van der Waals surface area contributed by atoms with Gasteiger partial charge in [-0.3, -0.25) is 0 Å². The van der Waals surface area contributed by atoms with Gasteiger partial charge in [-0.2, -0.15) is 0 Å². The number of para-hydroxylation sites is 1. The molecule has 2 heterocycles. The van der Waals surface area contributed by atoms with Gasteiger partial charge < -0.3 is 14.8 Å². The summed E-state index contributed by atoms with van der Waals surface area (Å²) in [6.45, 7) is 1.99. The van der Waals surface area contributed by atoms with E-state index in [1.165, 1.54) is 68.0 Å². The molecule has 0 bridgehead atoms. The van der Waals surface area contributed by atoms with Crippen molar-refractivity contribution in [3.05, 3.63) is 65.4 Å². The van der Waals surface area contributed by atoms with Gasteiger partial charge in [-0.15, -0.1) is 0 Å². The predicted molar refractivity (Wildman–Crippen MR) is 133 cm³/mol. The molecule has 1 fully saturated rings. The molecule has 1 N–H and O–H groups in total. The van der Waals surface area contributed by atoms with Crippen LogP contribution in [-0.2, 0) is 13.0 Å². The molecule has 0 saturated heterocycles. The van der Waals surface area contributed by atoms with Crippen LogP contribution in [0.3, 0.4) is 0 Å². The standard InChI is InChI=1S/C27H31N3S/c31-27(28-21-10-5-2-6-11-21)30-17-16-29-24-15-14-20(19-8-3-1-4-9-19)18-23(24)22-12-7-13-25(30)26(22)29/h2,5-6,10-11,14-15,18-19,25H,1,3-4,7-9,12-13,16-17H2,(H,28,31). The Morgan fingerprint density at radius 2 is 1.74 bits per heavy atom. The maximum absolute atomic E-state index is 5.89. The van der Waals surface area contributed by atoms with Gasteiger partial charge >= 0.3 is 0 Å². The first-order valence-electron chi connectivity index (χ1n) is 12.1. The third-order valence-electron chi connectivity index (χ3n) is 7.76. The molecule has 0 radical (unpaired) electrons. The van der Waals surface area contributed by atoms with Gasteiger partial charge in [0.15, 0.2) is 5.11 Å². The first-order chi connectivity index (χ1) is 15.3. The number of anilines is 1. The average Bonchev–Trinajstić information content (AvgIpc) is 3.15. The van der Waals surface area contributed by atoms with E-state index in [-0.39, 0.29) is 0 Å². The van der Waals surface area contributed by atoms with Crippen LogP contribution >= 0.6 is 12.2 Å². The molecular weight excluding hydrogens is 398 g/mol. The average molecular weight is 430 g/mol. The lowest BCUT2D eigenvalue weighted by atomic mass is 9.83. The molecule has 1 aliphatic heterocycles. The zero-order chi connectivity index (χ0) is 20.8. The van der Waals surface area contributed by atoms with Crippen LogP contribution in [0, 0.1) is 0 Å². The van der Waals surface area contributed by atoms with Crippen molar-refractivity contribution in [1.82, 2.24) is 9.47 Å². The van der Waals surface area contributed by atoms with Crippen LogP contribution < -0.4 is 5.32 Å². The van der Waals surface area contributed by atoms with Crippen LogP contribution in [-0.4, -0.2) is 21.1 Å². The van der Waals surface area contributed by atoms with Crippen LogP contribution in [0.2, 0.25) is 0 Å². The topological polar surface area (TPSA) is 20.2 Å². The van der Waals surface area contributed by atoms with Gasteiger partial charge in [0.1, 0.15) is 0 Å². The highest BCUT2D eigenvalue weighted by Gasteiger charge is 2.36. The fourth-order valence-corrected chi connectivity index (χ4v) is 6.61. The second-order valence-electron chi connectivity index (χ2n) is 9.52. The summed E-state index contributed by atoms with van der Waals surface area (Å²) in [5.74, 6) is 0.765. The van der Waals surface area contributed by atoms with Crippen molar-refractivity contribution in [3.63, 3.8) is 0 Å². The number of nitrogens with one attached hydrogen (secondary N) is 1. The number of aryl methyl sites for hydroxylation is 1. The van der Waals surface area contributed by atoms with Gasteiger partial charge in [0.2, 0.25) is 0 Å². The molecule has 4 heteroatoms. The predicted octanol–water partition coefficient (Wildman–Crippen LogP) is 6.78. The highest BCUT2D eigenvalue weighted by molar-refractivity contribution is 7.80. The second-order valence-corrected chi connectivity index (χ2v) is 9.91. The third kappa shape index (κ3) is 3.36. The third-order valence-corrected chi connectivity index (χ3v) is 8.10. The zero-order valence-corrected chi connectivity index (χ0v) is 19.0. The Bertz CT molecular complexity index is 1110. The molecule has 0 amide bonds. The van der Waals surface area contributed by atoms with E-state index < -0.39 is 0 Å². The van der Waals surface area contributed by atoms with E-state index in [0.717, 1.165) is 29.8 Å². The summed E-state index contributed by atoms with van der Waals surface area (Å²) in [6, 6.07) is 18.1. The smallest absolute Gasteiger partial charge is 0.174 e. The number of thiocarbonyl (C=S) groups is 1. The normalized spacial score (nSPS) is 21.2. The number of benzene rings is 2. The van der Waals surface area contributed by atoms with Gasteiger partial charge in [-0.05, 0) is 85.6 Å². The van der Waals surface area contributed by atoms with Crippen molar-refractivity contribution in [2.45, 2.75) is 69.9 Å². The summed E-state index contributed by atoms with van der Waals surface area (Å²) in [5.41, 5.74) is 7.22. The fraction of sp³-hybridized carbons (Fsp3) is 0.444. The molecule has 0 spiro atoms. The molecule has 3 nitrogen and oxygen atoms in total. The minimum Gasteiger partial charge on any atom is -0.341 e. The molecule has 1 unspecified atom stereocenters. The van der Waals surface area contributed by atoms with Crippen molar-refractivity contribution in [2.24, 2.45) is 0 Å². The summed E-state index contributed by atoms with van der Waals surface area (Å²) in [7, 11) is 0. The summed E-state index contributed by atoms with van der Waals surface area (Å²) in [6.07, 6.45) is 10.6. The van der Waals surface area contributed by atoms with Crippen molar-refractivity contribution in [1.29, 1.82) is 0 Å². The minimum absolute atomic E-state index is 0.395. The molecular formula is C27H31N3S. The van der Waals surface area contributed by atoms with Crippen LogP contribution in [0.15, 0.2) is 48.5 Å². The summed E-state index contributed by atoms with van der Waals surface area (Å²) >= 11 is 5.89. The molecule has 6 rings (SSSR count). The molecule has 2 aliphatic carbocycles. The lowest BCUT2D eigenvalue weighted by Crippen LogP contribution is -2.45. The summed E-state index contributed by atoms with van der Waals surface area (Å²) in [5, 5.41) is 5.87. The molecule has 160 valence electrons. The minimum atomic E-state index is 0.395. The Balaban J connectivity index is 1.35. The number of nitrogens with zero attached hydrogens (tertiary/aromatic N) is 2. The highest BCUT2D eigenvalue weighted by atomic mass is 32.1. The molecule has 1 atom stereocenters. The van der Waals surface area contributed by atoms with E-state index in [9.17, 15) is 0 Å². The number of rotatable bonds is 2. The van der Waals surface area contributed by atoms with Gasteiger partial charge in [-0.25, -0.2) is 0 Å². The van der Waals surface area contributed by atoms with Gasteiger partial charge in [0, 0.05) is 35.4 Å². The molecule has 1 aromatic heterocycles. The lowest BCUT2D eigenvalue weighted by Gasteiger charge is -2.41. The highest BCUT2D eigenvalue weighted by Crippen LogP contribution is 2.44. The van der Waals surface area contributed by atoms with Gasteiger partial charge in [0.05, 0.1) is 6.04 Å². The van der Waals surface area contributed by atoms with E-state index in [1.54, 1.807) is 11.1 Å². The Kier molecular flexibility index (Phi) is 4.98. The quantitative estimate of drug-likeness (QED) is 0.454. The largest absolute Gasteiger partial charge is 0.341 e. The van der Waals surface area contributed by atoms with Gasteiger partial charge in [-0.1, -0.05) is 43.5 Å². The van der Waals surface area contributed by atoms with Crippen LogP contribution in [0.25, 0.3) is 10.9 Å². The zero-order valence-electron chi connectivity index (χ0n) is 18.1. The fourth-order valence-electron chi connectivity index (χ4n) is 6.27. The van der Waals surface area contributed by atoms with Crippen LogP contribution in [0.1, 0.15) is 73.7 Å². The Labute approximate surface area is 190 Å². The van der Waals surface area contributed by atoms with Crippen molar-refractivity contribution >= 4 is 33.9 Å². The lowest BCUT2D eigenvalue weighted by molar-refractivity contribution is 0.235. The molecule has 1 saturated carbocycles. The second kappa shape index (κ2) is 7.98. The molecule has 3 aromatic rings. The Hall–Kier alpha value is -2.33. The molecule has 2 aromatic carbocycles. The first kappa shape index (κ1) is 19.4. The Morgan fingerprint density at radius 3 is 2.58 bits per heavy atom. The monoisotopic (exact) mass is 429 g/mol. The van der Waals surface area contributed by atoms with Crippen LogP contribution in [0.4, 0.5) is 5.69 Å². The van der Waals surface area contributed by atoms with E-state index in [4.69, 9.17) is 12.2 Å². The number of aromatic nitrogens is 1. The summed E-state index contributed by atoms with van der Waals surface area (Å²) < 4.78 is 2.61. The maximum atomic E-state index is 5.89. The Morgan fingerprint density at radius 1 is 0.903 bits per heavy atom. The van der Waals surface area contributed by atoms with Gasteiger partial charge in [0.25, 0.3) is 0 Å². The number of hydrogen-bond donors (Lipinski definition) is 1. The SMILES string of the molecule is S=C(Nc1ccccc1)N1CCn2c3c(c4cc(C5CCCCC5)ccc42)CCCC31. The van der Waals surface area contributed by atoms with E-state index in [0.29, 0.717) is 6.04 Å². The van der Waals surface area contributed by atoms with Crippen molar-refractivity contribution < 1.29 is 0 Å². The first-order valence-corrected chi connectivity index (χ1v) is 12.5. The summed E-state index contributed by atoms with van der Waals surface area (Å²) in [4.78, 5) is 2.45. The van der Waals surface area contributed by atoms with E-state index in [1.807, 2.05) is 6.07 Å². The molecule has 3 aliphatic rings.